The Hall–Kier alpha value is -1.53. The predicted octanol–water partition coefficient (Wildman–Crippen LogP) is 2.73. The molecule has 0 radical (unpaired) electrons. The molecule has 3 heteroatoms. The minimum atomic E-state index is 0.336. The first-order valence-corrected chi connectivity index (χ1v) is 6.94. The van der Waals surface area contributed by atoms with E-state index < -0.39 is 0 Å². The van der Waals surface area contributed by atoms with Crippen molar-refractivity contribution >= 4 is 5.69 Å². The van der Waals surface area contributed by atoms with Crippen molar-refractivity contribution in [3.63, 3.8) is 0 Å². The number of rotatable bonds is 2. The first kappa shape index (κ1) is 13.9. The number of likely N-dealkylation sites (N-methyl/N-ethyl adjacent to an activating group) is 1. The van der Waals surface area contributed by atoms with Gasteiger partial charge < -0.3 is 4.90 Å². The van der Waals surface area contributed by atoms with Gasteiger partial charge in [-0.3, -0.25) is 4.90 Å². The number of piperazine rings is 1. The highest BCUT2D eigenvalue weighted by molar-refractivity contribution is 5.52. The third kappa shape index (κ3) is 2.90. The van der Waals surface area contributed by atoms with E-state index >= 15 is 0 Å². The third-order valence-electron chi connectivity index (χ3n) is 4.26. The van der Waals surface area contributed by atoms with Crippen LogP contribution in [0, 0.1) is 25.2 Å². The summed E-state index contributed by atoms with van der Waals surface area (Å²) in [5.74, 6) is 0. The van der Waals surface area contributed by atoms with Crippen molar-refractivity contribution in [3.05, 3.63) is 29.3 Å². The molecule has 3 nitrogen and oxygen atoms in total. The maximum atomic E-state index is 8.94. The van der Waals surface area contributed by atoms with Crippen LogP contribution < -0.4 is 4.90 Å². The zero-order chi connectivity index (χ0) is 14.0. The fourth-order valence-corrected chi connectivity index (χ4v) is 2.80. The maximum Gasteiger partial charge on any atom is 0.0638 e. The van der Waals surface area contributed by atoms with Crippen molar-refractivity contribution in [2.75, 3.05) is 25.0 Å². The van der Waals surface area contributed by atoms with E-state index in [0.29, 0.717) is 18.5 Å². The Morgan fingerprint density at radius 1 is 1.26 bits per heavy atom. The highest BCUT2D eigenvalue weighted by Crippen LogP contribution is 2.25. The Labute approximate surface area is 116 Å². The average Bonchev–Trinajstić information content (AvgIpc) is 2.36. The van der Waals surface area contributed by atoms with Gasteiger partial charge in [-0.05, 0) is 51.1 Å². The van der Waals surface area contributed by atoms with E-state index in [1.807, 2.05) is 0 Å². The van der Waals surface area contributed by atoms with Gasteiger partial charge in [-0.25, -0.2) is 0 Å². The van der Waals surface area contributed by atoms with Crippen LogP contribution in [0.1, 0.15) is 24.5 Å². The van der Waals surface area contributed by atoms with Gasteiger partial charge in [0, 0.05) is 30.9 Å². The van der Waals surface area contributed by atoms with Crippen LogP contribution in [0.4, 0.5) is 5.69 Å². The largest absolute Gasteiger partial charge is 0.366 e. The fourth-order valence-electron chi connectivity index (χ4n) is 2.80. The van der Waals surface area contributed by atoms with Crippen LogP contribution >= 0.6 is 0 Å². The van der Waals surface area contributed by atoms with Crippen LogP contribution in [0.3, 0.4) is 0 Å². The third-order valence-corrected chi connectivity index (χ3v) is 4.26. The van der Waals surface area contributed by atoms with E-state index in [2.05, 4.69) is 61.9 Å². The molecule has 0 aromatic heterocycles. The summed E-state index contributed by atoms with van der Waals surface area (Å²) in [7, 11) is 2.12. The second-order valence-electron chi connectivity index (χ2n) is 5.73. The summed E-state index contributed by atoms with van der Waals surface area (Å²) in [5, 5.41) is 8.94. The van der Waals surface area contributed by atoms with Gasteiger partial charge >= 0.3 is 0 Å². The number of hydrogen-bond acceptors (Lipinski definition) is 3. The molecule has 102 valence electrons. The Morgan fingerprint density at radius 2 is 2.00 bits per heavy atom. The van der Waals surface area contributed by atoms with Crippen LogP contribution in [-0.4, -0.2) is 37.1 Å². The van der Waals surface area contributed by atoms with Crippen LogP contribution in [-0.2, 0) is 0 Å². The summed E-state index contributed by atoms with van der Waals surface area (Å²) in [6.07, 6.45) is 0.602. The van der Waals surface area contributed by atoms with E-state index in [1.54, 1.807) is 0 Å². The monoisotopic (exact) mass is 257 g/mol. The molecule has 2 atom stereocenters. The first-order chi connectivity index (χ1) is 9.02. The molecule has 0 spiro atoms. The van der Waals surface area contributed by atoms with Gasteiger partial charge in [-0.15, -0.1) is 0 Å². The molecule has 19 heavy (non-hydrogen) atoms. The molecule has 1 aliphatic heterocycles. The van der Waals surface area contributed by atoms with Gasteiger partial charge in [0.1, 0.15) is 0 Å². The molecule has 1 aliphatic rings. The smallest absolute Gasteiger partial charge is 0.0638 e. The predicted molar refractivity (Wildman–Crippen MR) is 79.4 cm³/mol. The summed E-state index contributed by atoms with van der Waals surface area (Å²) >= 11 is 0. The van der Waals surface area contributed by atoms with E-state index in [4.69, 9.17) is 5.26 Å². The van der Waals surface area contributed by atoms with Gasteiger partial charge in [-0.2, -0.15) is 5.26 Å². The molecular weight excluding hydrogens is 234 g/mol. The minimum Gasteiger partial charge on any atom is -0.366 e. The Bertz CT molecular complexity index is 489. The quantitative estimate of drug-likeness (QED) is 0.816. The normalized spacial score (nSPS) is 24.3. The van der Waals surface area contributed by atoms with Crippen molar-refractivity contribution in [2.24, 2.45) is 0 Å². The number of nitriles is 1. The highest BCUT2D eigenvalue weighted by atomic mass is 15.3. The molecule has 1 aromatic carbocycles. The summed E-state index contributed by atoms with van der Waals surface area (Å²) in [6, 6.07) is 9.79. The molecule has 1 heterocycles. The second-order valence-corrected chi connectivity index (χ2v) is 5.73. The molecule has 2 unspecified atom stereocenters. The molecule has 0 aliphatic carbocycles. The summed E-state index contributed by atoms with van der Waals surface area (Å²) in [5.41, 5.74) is 3.95. The van der Waals surface area contributed by atoms with E-state index in [9.17, 15) is 0 Å². The van der Waals surface area contributed by atoms with Gasteiger partial charge in [0.05, 0.1) is 12.5 Å². The maximum absolute atomic E-state index is 8.94. The van der Waals surface area contributed by atoms with E-state index in [1.165, 1.54) is 16.8 Å². The van der Waals surface area contributed by atoms with Crippen LogP contribution in [0.15, 0.2) is 18.2 Å². The lowest BCUT2D eigenvalue weighted by Crippen LogP contribution is -2.56. The molecule has 0 saturated carbocycles. The molecule has 1 fully saturated rings. The molecule has 1 aromatic rings. The molecule has 1 saturated heterocycles. The SMILES string of the molecule is Cc1ccc(N2CC(CC#N)N(C)CC2C)cc1C. The molecule has 2 rings (SSSR count). The number of nitrogens with zero attached hydrogens (tertiary/aromatic N) is 3. The molecule has 0 bridgehead atoms. The Morgan fingerprint density at radius 3 is 2.63 bits per heavy atom. The van der Waals surface area contributed by atoms with Gasteiger partial charge in [0.2, 0.25) is 0 Å². The Balaban J connectivity index is 2.22. The lowest BCUT2D eigenvalue weighted by atomic mass is 10.0. The topological polar surface area (TPSA) is 30.3 Å². The zero-order valence-corrected chi connectivity index (χ0v) is 12.3. The van der Waals surface area contributed by atoms with Crippen molar-refractivity contribution in [1.82, 2.24) is 4.90 Å². The van der Waals surface area contributed by atoms with Crippen LogP contribution in [0.2, 0.25) is 0 Å². The minimum absolute atomic E-state index is 0.336. The molecule has 0 amide bonds. The number of aryl methyl sites for hydroxylation is 2. The van der Waals surface area contributed by atoms with Crippen molar-refractivity contribution in [3.8, 4) is 6.07 Å². The zero-order valence-electron chi connectivity index (χ0n) is 12.3. The first-order valence-electron chi connectivity index (χ1n) is 6.94. The van der Waals surface area contributed by atoms with Gasteiger partial charge in [-0.1, -0.05) is 6.07 Å². The van der Waals surface area contributed by atoms with Crippen LogP contribution in [0.25, 0.3) is 0 Å². The Kier molecular flexibility index (Phi) is 4.11. The standard InChI is InChI=1S/C16H23N3/c1-12-5-6-15(9-13(12)2)19-11-16(7-8-17)18(4)10-14(19)3/h5-6,9,14,16H,7,10-11H2,1-4H3. The van der Waals surface area contributed by atoms with Crippen molar-refractivity contribution in [2.45, 2.75) is 39.3 Å². The van der Waals surface area contributed by atoms with Crippen molar-refractivity contribution < 1.29 is 0 Å². The number of anilines is 1. The average molecular weight is 257 g/mol. The summed E-state index contributed by atoms with van der Waals surface area (Å²) in [4.78, 5) is 4.75. The van der Waals surface area contributed by atoms with Gasteiger partial charge in [0.25, 0.3) is 0 Å². The lowest BCUT2D eigenvalue weighted by Gasteiger charge is -2.44. The van der Waals surface area contributed by atoms with E-state index in [0.717, 1.165) is 13.1 Å². The molecule has 0 N–H and O–H groups in total. The highest BCUT2D eigenvalue weighted by Gasteiger charge is 2.29. The van der Waals surface area contributed by atoms with Gasteiger partial charge in [0.15, 0.2) is 0 Å². The van der Waals surface area contributed by atoms with Crippen molar-refractivity contribution in [1.29, 1.82) is 5.26 Å². The molecular formula is C16H23N3. The second kappa shape index (κ2) is 5.63. The lowest BCUT2D eigenvalue weighted by molar-refractivity contribution is 0.194. The number of benzene rings is 1. The summed E-state index contributed by atoms with van der Waals surface area (Å²) < 4.78 is 0. The van der Waals surface area contributed by atoms with E-state index in [-0.39, 0.29) is 0 Å². The summed E-state index contributed by atoms with van der Waals surface area (Å²) in [6.45, 7) is 8.51. The van der Waals surface area contributed by atoms with Crippen LogP contribution in [0.5, 0.6) is 0 Å². The number of hydrogen-bond donors (Lipinski definition) is 0. The fraction of sp³-hybridized carbons (Fsp3) is 0.562.